The normalized spacial score (nSPS) is 12.8. The number of hydrogen-bond acceptors (Lipinski definition) is 4. The van der Waals surface area contributed by atoms with Crippen molar-refractivity contribution in [2.75, 3.05) is 0 Å². The summed E-state index contributed by atoms with van der Waals surface area (Å²) in [5.74, 6) is -6.72. The maximum Gasteiger partial charge on any atom is 0.475 e. The Labute approximate surface area is 148 Å². The molecule has 0 aliphatic carbocycles. The van der Waals surface area contributed by atoms with Gasteiger partial charge in [0.2, 0.25) is 0 Å². The zero-order valence-corrected chi connectivity index (χ0v) is 13.6. The van der Waals surface area contributed by atoms with E-state index in [1.807, 2.05) is 5.32 Å². The van der Waals surface area contributed by atoms with Crippen LogP contribution >= 0.6 is 0 Å². The Morgan fingerprint density at radius 1 is 1.12 bits per heavy atom. The van der Waals surface area contributed by atoms with Crippen LogP contribution in [0, 0.1) is 0 Å². The highest BCUT2D eigenvalue weighted by atomic mass is 19.3. The van der Waals surface area contributed by atoms with Crippen LogP contribution in [-0.4, -0.2) is 29.0 Å². The van der Waals surface area contributed by atoms with Crippen LogP contribution in [0.3, 0.4) is 0 Å². The summed E-state index contributed by atoms with van der Waals surface area (Å²) in [5.41, 5.74) is 0.675. The third-order valence-corrected chi connectivity index (χ3v) is 4.10. The van der Waals surface area contributed by atoms with Crippen LogP contribution in [0.2, 0.25) is 0 Å². The Bertz CT molecular complexity index is 898. The molecule has 1 atom stereocenters. The van der Waals surface area contributed by atoms with Gasteiger partial charge >= 0.3 is 13.0 Å². The van der Waals surface area contributed by atoms with Gasteiger partial charge in [0, 0.05) is 10.9 Å². The van der Waals surface area contributed by atoms with Crippen LogP contribution in [-0.2, 0) is 17.1 Å². The lowest BCUT2D eigenvalue weighted by Gasteiger charge is -2.22. The average molecular weight is 359 g/mol. The molecule has 0 aliphatic heterocycles. The summed E-state index contributed by atoms with van der Waals surface area (Å²) >= 11 is 0. The van der Waals surface area contributed by atoms with Gasteiger partial charge in [0.25, 0.3) is 5.91 Å². The SMILES string of the molecule is O=C(NC(Cc1coc2ccccc12)B(O)O)C(F)(F)c1ccccc1. The molecule has 1 heterocycles. The number of amides is 1. The first kappa shape index (κ1) is 18.1. The summed E-state index contributed by atoms with van der Waals surface area (Å²) in [4.78, 5) is 12.1. The highest BCUT2D eigenvalue weighted by Gasteiger charge is 2.43. The van der Waals surface area contributed by atoms with E-state index in [1.165, 1.54) is 18.4 Å². The van der Waals surface area contributed by atoms with E-state index in [1.54, 1.807) is 30.3 Å². The van der Waals surface area contributed by atoms with E-state index >= 15 is 0 Å². The Morgan fingerprint density at radius 3 is 2.46 bits per heavy atom. The monoisotopic (exact) mass is 359 g/mol. The van der Waals surface area contributed by atoms with Crippen molar-refractivity contribution in [1.82, 2.24) is 5.32 Å². The standard InChI is InChI=1S/C18H16BF2NO4/c20-18(21,13-6-2-1-3-7-13)17(23)22-16(19(24)25)10-12-11-26-15-9-5-4-8-14(12)15/h1-9,11,16,24-25H,10H2,(H,22,23). The second-order valence-corrected chi connectivity index (χ2v) is 5.90. The molecule has 3 aromatic rings. The fourth-order valence-corrected chi connectivity index (χ4v) is 2.70. The van der Waals surface area contributed by atoms with Crippen LogP contribution in [0.5, 0.6) is 0 Å². The lowest BCUT2D eigenvalue weighted by Crippen LogP contribution is -2.52. The van der Waals surface area contributed by atoms with Gasteiger partial charge in [-0.25, -0.2) is 0 Å². The third kappa shape index (κ3) is 3.61. The summed E-state index contributed by atoms with van der Waals surface area (Å²) in [6.45, 7) is 0. The maximum absolute atomic E-state index is 14.3. The first-order valence-corrected chi connectivity index (χ1v) is 7.95. The molecule has 1 aromatic heterocycles. The number of hydrogen-bond donors (Lipinski definition) is 3. The van der Waals surface area contributed by atoms with Crippen molar-refractivity contribution in [2.24, 2.45) is 0 Å². The molecule has 0 aliphatic rings. The number of furan rings is 1. The van der Waals surface area contributed by atoms with Gasteiger partial charge in [-0.3, -0.25) is 4.79 Å². The molecule has 26 heavy (non-hydrogen) atoms. The van der Waals surface area contributed by atoms with Crippen LogP contribution in [0.1, 0.15) is 11.1 Å². The molecule has 0 spiro atoms. The number of halogens is 2. The Kier molecular flexibility index (Phi) is 5.06. The lowest BCUT2D eigenvalue weighted by molar-refractivity contribution is -0.147. The molecule has 0 saturated heterocycles. The lowest BCUT2D eigenvalue weighted by atomic mass is 9.75. The molecule has 8 heteroatoms. The van der Waals surface area contributed by atoms with Gasteiger partial charge in [-0.2, -0.15) is 8.78 Å². The van der Waals surface area contributed by atoms with Gasteiger partial charge in [-0.05, 0) is 18.1 Å². The van der Waals surface area contributed by atoms with E-state index in [-0.39, 0.29) is 6.42 Å². The van der Waals surface area contributed by atoms with Crippen molar-refractivity contribution in [3.8, 4) is 0 Å². The smallest absolute Gasteiger partial charge is 0.464 e. The largest absolute Gasteiger partial charge is 0.475 e. The zero-order chi connectivity index (χ0) is 18.7. The van der Waals surface area contributed by atoms with Crippen molar-refractivity contribution in [2.45, 2.75) is 18.3 Å². The predicted octanol–water partition coefficient (Wildman–Crippen LogP) is 2.26. The van der Waals surface area contributed by atoms with E-state index < -0.39 is 30.5 Å². The number of rotatable bonds is 6. The number of carbonyl (C=O) groups is 1. The number of carbonyl (C=O) groups excluding carboxylic acids is 1. The van der Waals surface area contributed by atoms with Gasteiger partial charge in [0.15, 0.2) is 0 Å². The minimum Gasteiger partial charge on any atom is -0.464 e. The Morgan fingerprint density at radius 2 is 1.77 bits per heavy atom. The summed E-state index contributed by atoms with van der Waals surface area (Å²) in [6, 6.07) is 13.6. The molecule has 0 radical (unpaired) electrons. The molecule has 5 nitrogen and oxygen atoms in total. The van der Waals surface area contributed by atoms with Gasteiger partial charge in [-0.15, -0.1) is 0 Å². The van der Waals surface area contributed by atoms with E-state index in [4.69, 9.17) is 4.42 Å². The van der Waals surface area contributed by atoms with Crippen molar-refractivity contribution in [3.05, 3.63) is 72.0 Å². The van der Waals surface area contributed by atoms with Crippen molar-refractivity contribution in [3.63, 3.8) is 0 Å². The molecule has 2 aromatic carbocycles. The summed E-state index contributed by atoms with van der Waals surface area (Å²) < 4.78 is 34.0. The number of alkyl halides is 2. The molecule has 3 N–H and O–H groups in total. The first-order valence-electron chi connectivity index (χ1n) is 7.95. The molecule has 0 bridgehead atoms. The van der Waals surface area contributed by atoms with E-state index in [0.717, 1.165) is 12.1 Å². The molecule has 3 rings (SSSR count). The second kappa shape index (κ2) is 7.27. The number of benzene rings is 2. The predicted molar refractivity (Wildman–Crippen MR) is 92.4 cm³/mol. The quantitative estimate of drug-likeness (QED) is 0.590. The molecule has 0 fully saturated rings. The third-order valence-electron chi connectivity index (χ3n) is 4.10. The Hall–Kier alpha value is -2.71. The molecule has 1 unspecified atom stereocenters. The molecule has 1 amide bonds. The van der Waals surface area contributed by atoms with Gasteiger partial charge in [0.1, 0.15) is 5.58 Å². The van der Waals surface area contributed by atoms with E-state index in [2.05, 4.69) is 0 Å². The summed E-state index contributed by atoms with van der Waals surface area (Å²) in [7, 11) is -2.01. The molecule has 134 valence electrons. The number of nitrogens with one attached hydrogen (secondary N) is 1. The van der Waals surface area contributed by atoms with Crippen LogP contribution < -0.4 is 5.32 Å². The van der Waals surface area contributed by atoms with Crippen molar-refractivity contribution < 1.29 is 28.0 Å². The summed E-state index contributed by atoms with van der Waals surface area (Å²) in [5, 5.41) is 21.8. The Balaban J connectivity index is 1.79. The van der Waals surface area contributed by atoms with Gasteiger partial charge in [-0.1, -0.05) is 48.5 Å². The minimum atomic E-state index is -3.80. The highest BCUT2D eigenvalue weighted by molar-refractivity contribution is 6.43. The topological polar surface area (TPSA) is 82.7 Å². The van der Waals surface area contributed by atoms with Crippen LogP contribution in [0.4, 0.5) is 8.78 Å². The highest BCUT2D eigenvalue weighted by Crippen LogP contribution is 2.28. The first-order chi connectivity index (χ1) is 12.4. The van der Waals surface area contributed by atoms with E-state index in [0.29, 0.717) is 16.5 Å². The second-order valence-electron chi connectivity index (χ2n) is 5.90. The van der Waals surface area contributed by atoms with Crippen LogP contribution in [0.15, 0.2) is 65.3 Å². The fraction of sp³-hybridized carbons (Fsp3) is 0.167. The number of fused-ring (bicyclic) bond motifs is 1. The minimum absolute atomic E-state index is 0.0781. The van der Waals surface area contributed by atoms with Crippen molar-refractivity contribution in [1.29, 1.82) is 0 Å². The van der Waals surface area contributed by atoms with Crippen molar-refractivity contribution >= 4 is 24.0 Å². The maximum atomic E-state index is 14.3. The molecular weight excluding hydrogens is 343 g/mol. The zero-order valence-electron chi connectivity index (χ0n) is 13.6. The number of para-hydroxylation sites is 1. The van der Waals surface area contributed by atoms with Gasteiger partial charge in [0.05, 0.1) is 12.2 Å². The molecule has 0 saturated carbocycles. The van der Waals surface area contributed by atoms with Crippen LogP contribution in [0.25, 0.3) is 11.0 Å². The van der Waals surface area contributed by atoms with Gasteiger partial charge < -0.3 is 19.8 Å². The average Bonchev–Trinajstić information content (AvgIpc) is 3.04. The summed E-state index contributed by atoms with van der Waals surface area (Å²) in [6.07, 6.45) is 1.33. The molecular formula is C18H16BF2NO4. The fourth-order valence-electron chi connectivity index (χ4n) is 2.70. The van der Waals surface area contributed by atoms with E-state index in [9.17, 15) is 23.6 Å².